The second-order valence-electron chi connectivity index (χ2n) is 5.34. The van der Waals surface area contributed by atoms with Crippen LogP contribution in [0.2, 0.25) is 5.02 Å². The first-order valence-electron chi connectivity index (χ1n) is 7.32. The highest BCUT2D eigenvalue weighted by Crippen LogP contribution is 2.31. The quantitative estimate of drug-likeness (QED) is 0.621. The molecule has 0 aliphatic carbocycles. The van der Waals surface area contributed by atoms with E-state index in [4.69, 9.17) is 11.6 Å². The molecule has 3 rings (SSSR count). The maximum absolute atomic E-state index is 12.8. The summed E-state index contributed by atoms with van der Waals surface area (Å²) in [7, 11) is -3.91. The van der Waals surface area contributed by atoms with E-state index < -0.39 is 27.6 Å². The molecule has 7 heteroatoms. The lowest BCUT2D eigenvalue weighted by molar-refractivity contribution is 0.0771. The normalized spacial score (nSPS) is 19.8. The number of nitrogens with zero attached hydrogens (tertiary/aromatic N) is 1. The summed E-state index contributed by atoms with van der Waals surface area (Å²) in [5.41, 5.74) is 0.292. The number of Topliss-reactive ketones (excluding diaryl/α,β-unsaturated/α-hetero) is 2. The number of ketones is 2. The van der Waals surface area contributed by atoms with Gasteiger partial charge in [-0.3, -0.25) is 9.59 Å². The van der Waals surface area contributed by atoms with Crippen LogP contribution in [-0.2, 0) is 10.0 Å². The Labute approximate surface area is 144 Å². The maximum Gasteiger partial charge on any atom is 0.244 e. The van der Waals surface area contributed by atoms with Gasteiger partial charge in [0.1, 0.15) is 0 Å². The molecule has 0 saturated carbocycles. The average molecular weight is 364 g/mol. The zero-order valence-corrected chi connectivity index (χ0v) is 14.3. The molecule has 0 amide bonds. The highest BCUT2D eigenvalue weighted by atomic mass is 35.5. The predicted octanol–water partition coefficient (Wildman–Crippen LogP) is 2.80. The van der Waals surface area contributed by atoms with Gasteiger partial charge < -0.3 is 0 Å². The molecule has 1 heterocycles. The van der Waals surface area contributed by atoms with Crippen molar-refractivity contribution in [3.63, 3.8) is 0 Å². The van der Waals surface area contributed by atoms with Crippen LogP contribution in [0.5, 0.6) is 0 Å². The van der Waals surface area contributed by atoms with Crippen LogP contribution in [-0.4, -0.2) is 36.9 Å². The fraction of sp³-hybridized carbons (Fsp3) is 0.176. The average Bonchev–Trinajstić information content (AvgIpc) is 2.58. The third-order valence-electron chi connectivity index (χ3n) is 3.96. The monoisotopic (exact) mass is 363 g/mol. The standard InChI is InChI=1S/C17H14ClNO4S/c1-2-19-15(16(20)11-7-9-12(18)10-8-11)17(21)13-5-3-4-6-14(13)24(19,22)23/h3-10,15H,2H2,1H3. The molecular weight excluding hydrogens is 350 g/mol. The molecule has 0 radical (unpaired) electrons. The molecule has 124 valence electrons. The molecule has 0 aromatic heterocycles. The van der Waals surface area contributed by atoms with Crippen LogP contribution in [0.3, 0.4) is 0 Å². The predicted molar refractivity (Wildman–Crippen MR) is 89.9 cm³/mol. The highest BCUT2D eigenvalue weighted by Gasteiger charge is 2.46. The SMILES string of the molecule is CCN1C(C(=O)c2ccc(Cl)cc2)C(=O)c2ccccc2S1(=O)=O. The minimum atomic E-state index is -3.91. The Morgan fingerprint density at radius 1 is 1.12 bits per heavy atom. The summed E-state index contributed by atoms with van der Waals surface area (Å²) in [5, 5.41) is 0.451. The fourth-order valence-corrected chi connectivity index (χ4v) is 4.70. The third-order valence-corrected chi connectivity index (χ3v) is 6.21. The molecule has 1 aliphatic rings. The first kappa shape index (κ1) is 16.8. The number of hydrogen-bond acceptors (Lipinski definition) is 4. The molecular formula is C17H14ClNO4S. The van der Waals surface area contributed by atoms with E-state index in [1.54, 1.807) is 19.1 Å². The Morgan fingerprint density at radius 2 is 1.75 bits per heavy atom. The molecule has 1 atom stereocenters. The van der Waals surface area contributed by atoms with Gasteiger partial charge >= 0.3 is 0 Å². The van der Waals surface area contributed by atoms with Crippen LogP contribution in [0.4, 0.5) is 0 Å². The van der Waals surface area contributed by atoms with Gasteiger partial charge in [0.25, 0.3) is 0 Å². The van der Waals surface area contributed by atoms with Crippen molar-refractivity contribution in [2.45, 2.75) is 17.9 Å². The highest BCUT2D eigenvalue weighted by molar-refractivity contribution is 7.89. The van der Waals surface area contributed by atoms with Crippen LogP contribution >= 0.6 is 11.6 Å². The van der Waals surface area contributed by atoms with Crippen LogP contribution in [0, 0.1) is 0 Å². The van der Waals surface area contributed by atoms with Gasteiger partial charge in [-0.1, -0.05) is 30.7 Å². The van der Waals surface area contributed by atoms with Crippen molar-refractivity contribution in [1.29, 1.82) is 0 Å². The number of fused-ring (bicyclic) bond motifs is 1. The van der Waals surface area contributed by atoms with Gasteiger partial charge in [0.05, 0.1) is 4.90 Å². The number of sulfonamides is 1. The Hall–Kier alpha value is -2.02. The van der Waals surface area contributed by atoms with Crippen LogP contribution < -0.4 is 0 Å². The lowest BCUT2D eigenvalue weighted by Gasteiger charge is -2.33. The van der Waals surface area contributed by atoms with Gasteiger partial charge in [0, 0.05) is 22.7 Å². The Morgan fingerprint density at radius 3 is 2.38 bits per heavy atom. The third kappa shape index (κ3) is 2.56. The molecule has 0 spiro atoms. The Balaban J connectivity index is 2.15. The van der Waals surface area contributed by atoms with E-state index in [0.717, 1.165) is 4.31 Å². The van der Waals surface area contributed by atoms with Crippen molar-refractivity contribution in [3.05, 3.63) is 64.7 Å². The molecule has 0 fully saturated rings. The molecule has 1 aliphatic heterocycles. The molecule has 24 heavy (non-hydrogen) atoms. The topological polar surface area (TPSA) is 71.5 Å². The van der Waals surface area contributed by atoms with E-state index in [2.05, 4.69) is 0 Å². The molecule has 2 aromatic rings. The summed E-state index contributed by atoms with van der Waals surface area (Å²) in [4.78, 5) is 25.6. The summed E-state index contributed by atoms with van der Waals surface area (Å²) in [5.74, 6) is -1.07. The molecule has 1 unspecified atom stereocenters. The summed E-state index contributed by atoms with van der Waals surface area (Å²) in [6.45, 7) is 1.62. The van der Waals surface area contributed by atoms with Crippen molar-refractivity contribution >= 4 is 33.2 Å². The van der Waals surface area contributed by atoms with E-state index in [1.807, 2.05) is 0 Å². The minimum absolute atomic E-state index is 0.0202. The van der Waals surface area contributed by atoms with E-state index >= 15 is 0 Å². The second-order valence-corrected chi connectivity index (χ2v) is 7.64. The number of hydrogen-bond donors (Lipinski definition) is 0. The summed E-state index contributed by atoms with van der Waals surface area (Å²) < 4.78 is 26.5. The summed E-state index contributed by atoms with van der Waals surface area (Å²) >= 11 is 5.81. The number of benzene rings is 2. The zero-order valence-electron chi connectivity index (χ0n) is 12.8. The molecule has 0 saturated heterocycles. The van der Waals surface area contributed by atoms with E-state index in [0.29, 0.717) is 5.02 Å². The van der Waals surface area contributed by atoms with Gasteiger partial charge in [-0.05, 0) is 36.4 Å². The van der Waals surface area contributed by atoms with Crippen LogP contribution in [0.25, 0.3) is 0 Å². The number of halogens is 1. The molecule has 2 aromatic carbocycles. The molecule has 0 N–H and O–H groups in total. The lowest BCUT2D eigenvalue weighted by Crippen LogP contribution is -2.53. The minimum Gasteiger partial charge on any atom is -0.292 e. The largest absolute Gasteiger partial charge is 0.292 e. The number of rotatable bonds is 3. The van der Waals surface area contributed by atoms with Crippen molar-refractivity contribution in [3.8, 4) is 0 Å². The van der Waals surface area contributed by atoms with Crippen LogP contribution in [0.15, 0.2) is 53.4 Å². The molecule has 5 nitrogen and oxygen atoms in total. The number of carbonyl (C=O) groups is 2. The Kier molecular flexibility index (Phi) is 4.29. The van der Waals surface area contributed by atoms with Crippen molar-refractivity contribution in [2.75, 3.05) is 6.54 Å². The van der Waals surface area contributed by atoms with Gasteiger partial charge in [0.2, 0.25) is 10.0 Å². The maximum atomic E-state index is 12.8. The van der Waals surface area contributed by atoms with Gasteiger partial charge in [0.15, 0.2) is 17.6 Å². The first-order chi connectivity index (χ1) is 11.4. The molecule has 0 bridgehead atoms. The summed E-state index contributed by atoms with van der Waals surface area (Å²) in [6.07, 6.45) is 0. The number of carbonyl (C=O) groups excluding carboxylic acids is 2. The second kappa shape index (κ2) is 6.12. The van der Waals surface area contributed by atoms with Gasteiger partial charge in [-0.2, -0.15) is 4.31 Å². The van der Waals surface area contributed by atoms with Crippen LogP contribution in [0.1, 0.15) is 27.6 Å². The number of likely N-dealkylation sites (N-methyl/N-ethyl adjacent to an activating group) is 1. The van der Waals surface area contributed by atoms with E-state index in [9.17, 15) is 18.0 Å². The van der Waals surface area contributed by atoms with E-state index in [1.165, 1.54) is 36.4 Å². The zero-order chi connectivity index (χ0) is 17.5. The summed E-state index contributed by atoms with van der Waals surface area (Å²) in [6, 6.07) is 10.6. The smallest absolute Gasteiger partial charge is 0.244 e. The van der Waals surface area contributed by atoms with Crippen molar-refractivity contribution in [1.82, 2.24) is 4.31 Å². The Bertz CT molecular complexity index is 922. The van der Waals surface area contributed by atoms with Gasteiger partial charge in [-0.15, -0.1) is 0 Å². The first-order valence-corrected chi connectivity index (χ1v) is 9.14. The van der Waals surface area contributed by atoms with Gasteiger partial charge in [-0.25, -0.2) is 8.42 Å². The van der Waals surface area contributed by atoms with Crippen molar-refractivity contribution in [2.24, 2.45) is 0 Å². The lowest BCUT2D eigenvalue weighted by atomic mass is 9.96. The fourth-order valence-electron chi connectivity index (χ4n) is 2.81. The van der Waals surface area contributed by atoms with E-state index in [-0.39, 0.29) is 22.6 Å². The van der Waals surface area contributed by atoms with Crippen molar-refractivity contribution < 1.29 is 18.0 Å².